The van der Waals surface area contributed by atoms with Crippen molar-refractivity contribution in [2.75, 3.05) is 0 Å². The summed E-state index contributed by atoms with van der Waals surface area (Å²) in [6.07, 6.45) is 5.51. The van der Waals surface area contributed by atoms with Gasteiger partial charge in [-0.3, -0.25) is 4.79 Å². The molecule has 0 aromatic rings. The molecule has 14 heavy (non-hydrogen) atoms. The lowest BCUT2D eigenvalue weighted by Gasteiger charge is -2.02. The molecule has 0 unspecified atom stereocenters. The lowest BCUT2D eigenvalue weighted by Crippen LogP contribution is -2.16. The van der Waals surface area contributed by atoms with E-state index >= 15 is 0 Å². The molecule has 0 aromatic carbocycles. The molecule has 3 heteroatoms. The quantitative estimate of drug-likeness (QED) is 0.440. The number of rotatable bonds is 4. The van der Waals surface area contributed by atoms with E-state index in [4.69, 9.17) is 5.11 Å². The van der Waals surface area contributed by atoms with Gasteiger partial charge in [-0.25, -0.2) is 0 Å². The zero-order valence-corrected chi connectivity index (χ0v) is 10.1. The third-order valence-electron chi connectivity index (χ3n) is 1.41. The number of hydrogen-bond donors (Lipinski definition) is 1. The molecule has 0 heterocycles. The molecule has 78 valence electrons. The Morgan fingerprint density at radius 2 is 2.07 bits per heavy atom. The second-order valence-electron chi connectivity index (χ2n) is 4.21. The molecule has 0 saturated carbocycles. The molecule has 1 N–H and O–H groups in total. The van der Waals surface area contributed by atoms with Gasteiger partial charge in [0.1, 0.15) is 8.07 Å². The molecule has 0 amide bonds. The number of unbranched alkanes of at least 4 members (excludes halogenated alkanes) is 1. The Labute approximate surface area is 87.0 Å². The minimum Gasteiger partial charge on any atom is -0.481 e. The van der Waals surface area contributed by atoms with Gasteiger partial charge in [-0.2, -0.15) is 0 Å². The van der Waals surface area contributed by atoms with E-state index in [0.29, 0.717) is 6.42 Å². The summed E-state index contributed by atoms with van der Waals surface area (Å²) in [5.74, 6) is 2.27. The lowest BCUT2D eigenvalue weighted by atomic mass is 10.2. The van der Waals surface area contributed by atoms with Gasteiger partial charge in [0.15, 0.2) is 0 Å². The maximum absolute atomic E-state index is 10.2. The average molecular weight is 210 g/mol. The van der Waals surface area contributed by atoms with Crippen molar-refractivity contribution in [3.63, 3.8) is 0 Å². The Kier molecular flexibility index (Phi) is 5.98. The van der Waals surface area contributed by atoms with Crippen molar-refractivity contribution >= 4 is 14.0 Å². The average Bonchev–Trinajstić information content (AvgIpc) is 2.00. The van der Waals surface area contributed by atoms with Crippen LogP contribution in [-0.4, -0.2) is 19.1 Å². The van der Waals surface area contributed by atoms with Crippen LogP contribution in [0.3, 0.4) is 0 Å². The van der Waals surface area contributed by atoms with E-state index in [9.17, 15) is 4.79 Å². The highest BCUT2D eigenvalue weighted by atomic mass is 28.3. The normalized spacial score (nSPS) is 11.1. The molecule has 0 aromatic heterocycles. The minimum atomic E-state index is -1.25. The van der Waals surface area contributed by atoms with Crippen LogP contribution in [0.4, 0.5) is 0 Å². The number of carboxylic acid groups (broad SMARTS) is 1. The number of allylic oxidation sites excluding steroid dienone is 2. The summed E-state index contributed by atoms with van der Waals surface area (Å²) in [5.41, 5.74) is 3.21. The minimum absolute atomic E-state index is 0.242. The fourth-order valence-corrected chi connectivity index (χ4v) is 1.29. The molecule has 0 saturated heterocycles. The largest absolute Gasteiger partial charge is 0.481 e. The van der Waals surface area contributed by atoms with Gasteiger partial charge in [-0.1, -0.05) is 31.6 Å². The van der Waals surface area contributed by atoms with Crippen LogP contribution in [0.25, 0.3) is 0 Å². The van der Waals surface area contributed by atoms with Crippen LogP contribution in [0.5, 0.6) is 0 Å². The third kappa shape index (κ3) is 11.0. The van der Waals surface area contributed by atoms with E-state index in [-0.39, 0.29) is 6.42 Å². The van der Waals surface area contributed by atoms with Crippen LogP contribution in [0, 0.1) is 11.5 Å². The summed E-state index contributed by atoms with van der Waals surface area (Å²) in [6, 6.07) is 0. The van der Waals surface area contributed by atoms with Gasteiger partial charge in [-0.05, 0) is 18.9 Å². The second kappa shape index (κ2) is 6.44. The summed E-state index contributed by atoms with van der Waals surface area (Å²) in [6.45, 7) is 6.58. The number of hydrogen-bond acceptors (Lipinski definition) is 1. The highest BCUT2D eigenvalue weighted by Crippen LogP contribution is 1.97. The van der Waals surface area contributed by atoms with Gasteiger partial charge in [0.2, 0.25) is 0 Å². The second-order valence-corrected chi connectivity index (χ2v) is 8.96. The summed E-state index contributed by atoms with van der Waals surface area (Å²) in [7, 11) is -1.25. The Morgan fingerprint density at radius 3 is 2.57 bits per heavy atom. The third-order valence-corrected chi connectivity index (χ3v) is 2.30. The first kappa shape index (κ1) is 13.0. The maximum Gasteiger partial charge on any atom is 0.303 e. The topological polar surface area (TPSA) is 37.3 Å². The molecule has 0 spiro atoms. The molecular weight excluding hydrogens is 192 g/mol. The molecule has 0 bridgehead atoms. The van der Waals surface area contributed by atoms with Crippen LogP contribution in [0.15, 0.2) is 12.2 Å². The molecule has 0 atom stereocenters. The van der Waals surface area contributed by atoms with Crippen LogP contribution in [0.2, 0.25) is 19.6 Å². The van der Waals surface area contributed by atoms with E-state index < -0.39 is 14.0 Å². The molecule has 0 aliphatic carbocycles. The van der Waals surface area contributed by atoms with Crippen molar-refractivity contribution in [3.8, 4) is 11.5 Å². The summed E-state index contributed by atoms with van der Waals surface area (Å²) in [4.78, 5) is 10.2. The summed E-state index contributed by atoms with van der Waals surface area (Å²) < 4.78 is 0. The molecular formula is C11H18O2Si. The van der Waals surface area contributed by atoms with Crippen molar-refractivity contribution in [1.82, 2.24) is 0 Å². The van der Waals surface area contributed by atoms with Gasteiger partial charge < -0.3 is 5.11 Å². The smallest absolute Gasteiger partial charge is 0.303 e. The first-order chi connectivity index (χ1) is 6.42. The van der Waals surface area contributed by atoms with Crippen LogP contribution >= 0.6 is 0 Å². The SMILES string of the molecule is C[Si](C)(C)C#C/C=C/CCCC(=O)O. The Hall–Kier alpha value is -1.01. The summed E-state index contributed by atoms with van der Waals surface area (Å²) in [5, 5.41) is 8.38. The van der Waals surface area contributed by atoms with E-state index in [1.165, 1.54) is 0 Å². The Balaban J connectivity index is 3.63. The van der Waals surface area contributed by atoms with Gasteiger partial charge in [-0.15, -0.1) is 5.54 Å². The summed E-state index contributed by atoms with van der Waals surface area (Å²) >= 11 is 0. The molecule has 0 aliphatic rings. The van der Waals surface area contributed by atoms with Crippen molar-refractivity contribution in [2.45, 2.75) is 38.9 Å². The van der Waals surface area contributed by atoms with Crippen molar-refractivity contribution in [1.29, 1.82) is 0 Å². The first-order valence-electron chi connectivity index (χ1n) is 4.81. The van der Waals surface area contributed by atoms with E-state index in [2.05, 4.69) is 31.1 Å². The first-order valence-corrected chi connectivity index (χ1v) is 8.31. The predicted octanol–water partition coefficient (Wildman–Crippen LogP) is 2.68. The standard InChI is InChI=1S/C11H18O2Si/c1-14(2,3)10-8-6-4-5-7-9-11(12)13/h4,6H,5,7,9H2,1-3H3,(H,12,13)/b6-4+. The highest BCUT2D eigenvalue weighted by molar-refractivity contribution is 6.83. The van der Waals surface area contributed by atoms with E-state index in [1.54, 1.807) is 0 Å². The van der Waals surface area contributed by atoms with Crippen LogP contribution in [-0.2, 0) is 4.79 Å². The number of aliphatic carboxylic acids is 1. The molecule has 0 aliphatic heterocycles. The van der Waals surface area contributed by atoms with Crippen molar-refractivity contribution < 1.29 is 9.90 Å². The lowest BCUT2D eigenvalue weighted by molar-refractivity contribution is -0.137. The maximum atomic E-state index is 10.2. The Bertz CT molecular complexity index is 263. The number of carbonyl (C=O) groups is 1. The molecule has 0 radical (unpaired) electrons. The Morgan fingerprint density at radius 1 is 1.43 bits per heavy atom. The van der Waals surface area contributed by atoms with Gasteiger partial charge >= 0.3 is 5.97 Å². The van der Waals surface area contributed by atoms with Crippen molar-refractivity contribution in [3.05, 3.63) is 12.2 Å². The molecule has 2 nitrogen and oxygen atoms in total. The predicted molar refractivity (Wildman–Crippen MR) is 61.7 cm³/mol. The number of carboxylic acids is 1. The zero-order chi connectivity index (χ0) is 11.0. The molecule has 0 rings (SSSR count). The molecule has 0 fully saturated rings. The van der Waals surface area contributed by atoms with E-state index in [0.717, 1.165) is 6.42 Å². The fourth-order valence-electron chi connectivity index (χ4n) is 0.772. The van der Waals surface area contributed by atoms with Gasteiger partial charge in [0, 0.05) is 6.42 Å². The van der Waals surface area contributed by atoms with Crippen LogP contribution < -0.4 is 0 Å². The van der Waals surface area contributed by atoms with Crippen molar-refractivity contribution in [2.24, 2.45) is 0 Å². The van der Waals surface area contributed by atoms with Gasteiger partial charge in [0.05, 0.1) is 0 Å². The van der Waals surface area contributed by atoms with E-state index in [1.807, 2.05) is 12.2 Å². The highest BCUT2D eigenvalue weighted by Gasteiger charge is 2.06. The monoisotopic (exact) mass is 210 g/mol. The zero-order valence-electron chi connectivity index (χ0n) is 9.13. The van der Waals surface area contributed by atoms with Crippen LogP contribution in [0.1, 0.15) is 19.3 Å². The van der Waals surface area contributed by atoms with Gasteiger partial charge in [0.25, 0.3) is 0 Å². The fraction of sp³-hybridized carbons (Fsp3) is 0.545.